The van der Waals surface area contributed by atoms with Crippen LogP contribution < -0.4 is 0 Å². The number of carbonyl (C=O) groups excluding carboxylic acids is 1. The summed E-state index contributed by atoms with van der Waals surface area (Å²) in [6, 6.07) is 0. The van der Waals surface area contributed by atoms with Gasteiger partial charge in [-0.15, -0.1) is 0 Å². The first-order chi connectivity index (χ1) is 7.11. The molecular weight excluding hydrogens is 186 g/mol. The Balaban J connectivity index is 4.11. The fraction of sp³-hybridized carbons (Fsp3) is 0.462. The van der Waals surface area contributed by atoms with E-state index in [-0.39, 0.29) is 5.91 Å². The Morgan fingerprint density at radius 3 is 2.47 bits per heavy atom. The van der Waals surface area contributed by atoms with E-state index in [4.69, 9.17) is 0 Å². The predicted octanol–water partition coefficient (Wildman–Crippen LogP) is 2.93. The molecule has 0 aromatic rings. The molecule has 2 nitrogen and oxygen atoms in total. The van der Waals surface area contributed by atoms with Crippen LogP contribution in [0.25, 0.3) is 0 Å². The maximum atomic E-state index is 11.3. The molecule has 0 radical (unpaired) electrons. The number of carbonyl (C=O) groups is 1. The average Bonchev–Trinajstić information content (AvgIpc) is 2.23. The molecule has 0 aromatic carbocycles. The van der Waals surface area contributed by atoms with E-state index in [9.17, 15) is 4.79 Å². The molecule has 0 bridgehead atoms. The van der Waals surface area contributed by atoms with Crippen LogP contribution in [0.2, 0.25) is 0 Å². The van der Waals surface area contributed by atoms with Crippen LogP contribution in [0.3, 0.4) is 0 Å². The average molecular weight is 207 g/mol. The number of rotatable bonds is 5. The molecule has 84 valence electrons. The highest BCUT2D eigenvalue weighted by Gasteiger charge is 2.04. The van der Waals surface area contributed by atoms with Gasteiger partial charge in [0, 0.05) is 20.0 Å². The van der Waals surface area contributed by atoms with Gasteiger partial charge in [0.15, 0.2) is 0 Å². The van der Waals surface area contributed by atoms with Crippen LogP contribution in [0.15, 0.2) is 36.0 Å². The van der Waals surface area contributed by atoms with E-state index in [1.165, 1.54) is 5.57 Å². The molecule has 0 saturated heterocycles. The van der Waals surface area contributed by atoms with E-state index in [1.54, 1.807) is 4.90 Å². The number of allylic oxidation sites excluding steroid dienone is 5. The fourth-order valence-corrected chi connectivity index (χ4v) is 1.18. The minimum atomic E-state index is 0.181. The van der Waals surface area contributed by atoms with E-state index in [1.807, 2.05) is 58.2 Å². The second-order valence-electron chi connectivity index (χ2n) is 3.53. The monoisotopic (exact) mass is 207 g/mol. The molecule has 0 unspecified atom stereocenters. The van der Waals surface area contributed by atoms with Gasteiger partial charge in [-0.3, -0.25) is 4.79 Å². The second kappa shape index (κ2) is 8.04. The minimum Gasteiger partial charge on any atom is -0.342 e. The molecule has 0 aliphatic carbocycles. The molecule has 0 rings (SSSR count). The maximum absolute atomic E-state index is 11.3. The van der Waals surface area contributed by atoms with E-state index < -0.39 is 0 Å². The molecule has 0 aliphatic rings. The van der Waals surface area contributed by atoms with Crippen LogP contribution in [0, 0.1) is 0 Å². The molecule has 0 aromatic heterocycles. The highest BCUT2D eigenvalue weighted by Crippen LogP contribution is 1.99. The smallest absolute Gasteiger partial charge is 0.222 e. The summed E-state index contributed by atoms with van der Waals surface area (Å²) >= 11 is 0. The third-order valence-corrected chi connectivity index (χ3v) is 2.01. The Kier molecular flexibility index (Phi) is 7.33. The standard InChI is InChI=1S/C13H21NO/c1-5-7-8-9-10-12(3)11-14(4)13(15)6-2/h5,7-10H,6,11H2,1-4H3/b7-5-,9-8-,12-10+. The van der Waals surface area contributed by atoms with Gasteiger partial charge < -0.3 is 4.90 Å². The topological polar surface area (TPSA) is 20.3 Å². The van der Waals surface area contributed by atoms with Crippen molar-refractivity contribution in [2.45, 2.75) is 27.2 Å². The molecular formula is C13H21NO. The Hall–Kier alpha value is -1.31. The van der Waals surface area contributed by atoms with Crippen LogP contribution in [0.4, 0.5) is 0 Å². The first-order valence-corrected chi connectivity index (χ1v) is 5.30. The van der Waals surface area contributed by atoms with Crippen LogP contribution in [0.1, 0.15) is 27.2 Å². The third kappa shape index (κ3) is 6.72. The molecule has 0 spiro atoms. The third-order valence-electron chi connectivity index (χ3n) is 2.01. The van der Waals surface area contributed by atoms with Gasteiger partial charge in [0.1, 0.15) is 0 Å². The highest BCUT2D eigenvalue weighted by atomic mass is 16.2. The van der Waals surface area contributed by atoms with Gasteiger partial charge in [-0.1, -0.05) is 42.9 Å². The summed E-state index contributed by atoms with van der Waals surface area (Å²) in [6.07, 6.45) is 10.5. The summed E-state index contributed by atoms with van der Waals surface area (Å²) in [5, 5.41) is 0. The van der Waals surface area contributed by atoms with Crippen molar-refractivity contribution in [2.24, 2.45) is 0 Å². The van der Waals surface area contributed by atoms with Crippen LogP contribution in [-0.4, -0.2) is 24.4 Å². The summed E-state index contributed by atoms with van der Waals surface area (Å²) in [4.78, 5) is 13.0. The first kappa shape index (κ1) is 13.7. The molecule has 0 heterocycles. The van der Waals surface area contributed by atoms with E-state index in [0.717, 1.165) is 0 Å². The summed E-state index contributed by atoms with van der Waals surface area (Å²) in [6.45, 7) is 6.59. The van der Waals surface area contributed by atoms with Crippen molar-refractivity contribution in [2.75, 3.05) is 13.6 Å². The Morgan fingerprint density at radius 1 is 1.27 bits per heavy atom. The van der Waals surface area contributed by atoms with Gasteiger partial charge in [0.2, 0.25) is 5.91 Å². The Morgan fingerprint density at radius 2 is 1.93 bits per heavy atom. The highest BCUT2D eigenvalue weighted by molar-refractivity contribution is 5.75. The number of hydrogen-bond acceptors (Lipinski definition) is 1. The van der Waals surface area contributed by atoms with Crippen molar-refractivity contribution in [3.8, 4) is 0 Å². The van der Waals surface area contributed by atoms with Crippen molar-refractivity contribution >= 4 is 5.91 Å². The van der Waals surface area contributed by atoms with Crippen molar-refractivity contribution in [1.29, 1.82) is 0 Å². The number of nitrogens with zero attached hydrogens (tertiary/aromatic N) is 1. The SMILES string of the molecule is C\C=C/C=C\C=C(/C)CN(C)C(=O)CC. The second-order valence-corrected chi connectivity index (χ2v) is 3.53. The van der Waals surface area contributed by atoms with Crippen molar-refractivity contribution in [3.63, 3.8) is 0 Å². The normalized spacial score (nSPS) is 12.7. The lowest BCUT2D eigenvalue weighted by Gasteiger charge is -2.16. The van der Waals surface area contributed by atoms with Crippen LogP contribution in [-0.2, 0) is 4.79 Å². The van der Waals surface area contributed by atoms with Gasteiger partial charge in [-0.25, -0.2) is 0 Å². The number of hydrogen-bond donors (Lipinski definition) is 0. The Bertz CT molecular complexity index is 274. The Labute approximate surface area is 93.0 Å². The zero-order chi connectivity index (χ0) is 11.7. The predicted molar refractivity (Wildman–Crippen MR) is 65.6 cm³/mol. The lowest BCUT2D eigenvalue weighted by Crippen LogP contribution is -2.27. The lowest BCUT2D eigenvalue weighted by molar-refractivity contribution is -0.129. The minimum absolute atomic E-state index is 0.181. The molecule has 1 amide bonds. The molecule has 0 aliphatic heterocycles. The van der Waals surface area contributed by atoms with E-state index >= 15 is 0 Å². The van der Waals surface area contributed by atoms with Gasteiger partial charge in [-0.05, 0) is 13.8 Å². The van der Waals surface area contributed by atoms with E-state index in [2.05, 4.69) is 0 Å². The van der Waals surface area contributed by atoms with Gasteiger partial charge in [-0.2, -0.15) is 0 Å². The molecule has 0 fully saturated rings. The largest absolute Gasteiger partial charge is 0.342 e. The summed E-state index contributed by atoms with van der Waals surface area (Å²) in [5.74, 6) is 0.181. The summed E-state index contributed by atoms with van der Waals surface area (Å²) in [5.41, 5.74) is 1.18. The maximum Gasteiger partial charge on any atom is 0.222 e. The first-order valence-electron chi connectivity index (χ1n) is 5.30. The van der Waals surface area contributed by atoms with Crippen molar-refractivity contribution in [1.82, 2.24) is 4.90 Å². The van der Waals surface area contributed by atoms with Crippen LogP contribution in [0.5, 0.6) is 0 Å². The molecule has 0 atom stereocenters. The summed E-state index contributed by atoms with van der Waals surface area (Å²) in [7, 11) is 1.83. The van der Waals surface area contributed by atoms with Gasteiger partial charge in [0.25, 0.3) is 0 Å². The van der Waals surface area contributed by atoms with Crippen LogP contribution >= 0.6 is 0 Å². The molecule has 15 heavy (non-hydrogen) atoms. The molecule has 0 saturated carbocycles. The van der Waals surface area contributed by atoms with Crippen molar-refractivity contribution < 1.29 is 4.79 Å². The van der Waals surface area contributed by atoms with Crippen molar-refractivity contribution in [3.05, 3.63) is 36.0 Å². The lowest BCUT2D eigenvalue weighted by atomic mass is 10.2. The van der Waals surface area contributed by atoms with Gasteiger partial charge in [0.05, 0.1) is 0 Å². The van der Waals surface area contributed by atoms with Gasteiger partial charge >= 0.3 is 0 Å². The summed E-state index contributed by atoms with van der Waals surface area (Å²) < 4.78 is 0. The fourth-order valence-electron chi connectivity index (χ4n) is 1.18. The zero-order valence-corrected chi connectivity index (χ0v) is 10.2. The zero-order valence-electron chi connectivity index (χ0n) is 10.2. The van der Waals surface area contributed by atoms with E-state index in [0.29, 0.717) is 13.0 Å². The molecule has 0 N–H and O–H groups in total. The number of likely N-dealkylation sites (N-methyl/N-ethyl adjacent to an activating group) is 1. The molecule has 2 heteroatoms. The quantitative estimate of drug-likeness (QED) is 0.635. The number of amides is 1.